The molecule has 0 aromatic carbocycles. The molecule has 146 valence electrons. The first-order valence-corrected chi connectivity index (χ1v) is 10.4. The molecule has 0 radical (unpaired) electrons. The van der Waals surface area contributed by atoms with Gasteiger partial charge in [0.1, 0.15) is 0 Å². The summed E-state index contributed by atoms with van der Waals surface area (Å²) >= 11 is 0. The van der Waals surface area contributed by atoms with Crippen molar-refractivity contribution in [3.63, 3.8) is 0 Å². The van der Waals surface area contributed by atoms with Gasteiger partial charge >= 0.3 is 0 Å². The van der Waals surface area contributed by atoms with Gasteiger partial charge in [-0.2, -0.15) is 0 Å². The Bertz CT molecular complexity index is 476. The lowest BCUT2D eigenvalue weighted by Gasteiger charge is -2.08. The van der Waals surface area contributed by atoms with Crippen molar-refractivity contribution in [1.29, 1.82) is 0 Å². The molecule has 0 amide bonds. The minimum absolute atomic E-state index is 0.304. The Morgan fingerprint density at radius 2 is 1.58 bits per heavy atom. The minimum atomic E-state index is 0.304. The van der Waals surface area contributed by atoms with Crippen LogP contribution in [0.5, 0.6) is 0 Å². The van der Waals surface area contributed by atoms with Crippen LogP contribution in [0.1, 0.15) is 83.6 Å². The number of nitrogens with zero attached hydrogens (tertiary/aromatic N) is 1. The number of hydrogen-bond acceptors (Lipinski definition) is 3. The van der Waals surface area contributed by atoms with E-state index >= 15 is 0 Å². The van der Waals surface area contributed by atoms with Crippen LogP contribution < -0.4 is 0 Å². The molecule has 1 rings (SSSR count). The van der Waals surface area contributed by atoms with Gasteiger partial charge in [-0.05, 0) is 38.8 Å². The molecule has 0 aliphatic rings. The van der Waals surface area contributed by atoms with Gasteiger partial charge in [-0.3, -0.25) is 4.98 Å². The first-order chi connectivity index (χ1) is 12.8. The Balaban J connectivity index is 1.75. The van der Waals surface area contributed by atoms with Crippen molar-refractivity contribution in [1.82, 2.24) is 4.98 Å². The van der Waals surface area contributed by atoms with Gasteiger partial charge in [-0.25, -0.2) is 0 Å². The van der Waals surface area contributed by atoms with Crippen molar-refractivity contribution in [3.05, 3.63) is 30.1 Å². The second-order valence-corrected chi connectivity index (χ2v) is 7.01. The van der Waals surface area contributed by atoms with Gasteiger partial charge in [0, 0.05) is 31.0 Å². The third-order valence-corrected chi connectivity index (χ3v) is 4.16. The Kier molecular flexibility index (Phi) is 14.9. The van der Waals surface area contributed by atoms with E-state index in [1.54, 1.807) is 6.20 Å². The molecule has 1 aromatic rings. The molecule has 0 bridgehead atoms. The van der Waals surface area contributed by atoms with Crippen molar-refractivity contribution in [2.24, 2.45) is 0 Å². The largest absolute Gasteiger partial charge is 0.379 e. The van der Waals surface area contributed by atoms with E-state index in [0.29, 0.717) is 12.7 Å². The maximum Gasteiger partial charge on any atom is 0.0703 e. The molecule has 0 atom stereocenters. The molecular formula is C23H37NO2. The van der Waals surface area contributed by atoms with Crippen molar-refractivity contribution in [2.45, 2.75) is 84.2 Å². The molecule has 0 spiro atoms. The quantitative estimate of drug-likeness (QED) is 0.294. The zero-order valence-electron chi connectivity index (χ0n) is 16.8. The molecule has 0 aliphatic carbocycles. The van der Waals surface area contributed by atoms with Crippen LogP contribution in [0.3, 0.4) is 0 Å². The molecule has 3 nitrogen and oxygen atoms in total. The summed E-state index contributed by atoms with van der Waals surface area (Å²) < 4.78 is 11.0. The molecule has 0 fully saturated rings. The first kappa shape index (κ1) is 22.7. The standard InChI is InChI=1S/C23H37NO2/c1-22(2)26-20-19-25-18-13-11-9-7-5-3-4-6-8-10-12-15-23-16-14-17-24-21-23/h14,16-17,21-22H,3-11,13,18-20H2,1-2H3. The van der Waals surface area contributed by atoms with Gasteiger partial charge in [-0.1, -0.05) is 56.8 Å². The van der Waals surface area contributed by atoms with E-state index in [4.69, 9.17) is 9.47 Å². The summed E-state index contributed by atoms with van der Waals surface area (Å²) in [6.07, 6.45) is 16.6. The number of pyridine rings is 1. The SMILES string of the molecule is CC(C)OCCOCCCCCCCCCCCC#Cc1cccnc1. The van der Waals surface area contributed by atoms with Crippen LogP contribution in [0.2, 0.25) is 0 Å². The van der Waals surface area contributed by atoms with E-state index in [2.05, 4.69) is 30.7 Å². The number of aromatic nitrogens is 1. The van der Waals surface area contributed by atoms with Crippen molar-refractivity contribution >= 4 is 0 Å². The lowest BCUT2D eigenvalue weighted by atomic mass is 10.1. The monoisotopic (exact) mass is 359 g/mol. The van der Waals surface area contributed by atoms with Crippen LogP contribution in [0.4, 0.5) is 0 Å². The number of hydrogen-bond donors (Lipinski definition) is 0. The molecule has 3 heteroatoms. The summed E-state index contributed by atoms with van der Waals surface area (Å²) in [5, 5.41) is 0. The van der Waals surface area contributed by atoms with Gasteiger partial charge in [0.05, 0.1) is 19.3 Å². The number of unbranched alkanes of at least 4 members (excludes halogenated alkanes) is 9. The molecule has 1 heterocycles. The fourth-order valence-electron chi connectivity index (χ4n) is 2.70. The van der Waals surface area contributed by atoms with Crippen LogP contribution in [-0.4, -0.2) is 30.9 Å². The molecular weight excluding hydrogens is 322 g/mol. The molecule has 1 aromatic heterocycles. The van der Waals surface area contributed by atoms with Crippen LogP contribution in [0.15, 0.2) is 24.5 Å². The molecule has 0 saturated carbocycles. The third-order valence-electron chi connectivity index (χ3n) is 4.16. The van der Waals surface area contributed by atoms with Gasteiger partial charge in [0.25, 0.3) is 0 Å². The average molecular weight is 360 g/mol. The van der Waals surface area contributed by atoms with Crippen LogP contribution in [0.25, 0.3) is 0 Å². The second kappa shape index (κ2) is 17.1. The van der Waals surface area contributed by atoms with Crippen molar-refractivity contribution in [3.8, 4) is 11.8 Å². The zero-order valence-corrected chi connectivity index (χ0v) is 16.8. The van der Waals surface area contributed by atoms with Crippen LogP contribution in [0, 0.1) is 11.8 Å². The summed E-state index contributed by atoms with van der Waals surface area (Å²) in [5.41, 5.74) is 1.02. The van der Waals surface area contributed by atoms with Crippen molar-refractivity contribution in [2.75, 3.05) is 19.8 Å². The Hall–Kier alpha value is -1.37. The van der Waals surface area contributed by atoms with E-state index in [-0.39, 0.29) is 0 Å². The normalized spacial score (nSPS) is 10.7. The number of ether oxygens (including phenoxy) is 2. The van der Waals surface area contributed by atoms with Gasteiger partial charge < -0.3 is 9.47 Å². The lowest BCUT2D eigenvalue weighted by molar-refractivity contribution is 0.0186. The van der Waals surface area contributed by atoms with E-state index in [9.17, 15) is 0 Å². The highest BCUT2D eigenvalue weighted by atomic mass is 16.5. The topological polar surface area (TPSA) is 31.4 Å². The Morgan fingerprint density at radius 3 is 2.23 bits per heavy atom. The molecule has 0 unspecified atom stereocenters. The molecule has 26 heavy (non-hydrogen) atoms. The zero-order chi connectivity index (χ0) is 18.7. The highest BCUT2D eigenvalue weighted by Crippen LogP contribution is 2.10. The lowest BCUT2D eigenvalue weighted by Crippen LogP contribution is -2.10. The highest BCUT2D eigenvalue weighted by molar-refractivity contribution is 5.30. The fraction of sp³-hybridized carbons (Fsp3) is 0.696. The van der Waals surface area contributed by atoms with Gasteiger partial charge in [0.2, 0.25) is 0 Å². The molecule has 0 saturated heterocycles. The second-order valence-electron chi connectivity index (χ2n) is 7.01. The predicted molar refractivity (Wildman–Crippen MR) is 109 cm³/mol. The van der Waals surface area contributed by atoms with E-state index in [0.717, 1.165) is 25.2 Å². The maximum atomic E-state index is 5.56. The Labute approximate surface area is 160 Å². The average Bonchev–Trinajstić information content (AvgIpc) is 2.65. The summed E-state index contributed by atoms with van der Waals surface area (Å²) in [4.78, 5) is 4.07. The fourth-order valence-corrected chi connectivity index (χ4v) is 2.70. The van der Waals surface area contributed by atoms with E-state index in [1.165, 1.54) is 57.8 Å². The van der Waals surface area contributed by atoms with Crippen molar-refractivity contribution < 1.29 is 9.47 Å². The summed E-state index contributed by atoms with van der Waals surface area (Å²) in [6.45, 7) is 6.43. The third kappa shape index (κ3) is 14.9. The molecule has 0 aliphatic heterocycles. The summed E-state index contributed by atoms with van der Waals surface area (Å²) in [7, 11) is 0. The molecule has 0 N–H and O–H groups in total. The minimum Gasteiger partial charge on any atom is -0.379 e. The first-order valence-electron chi connectivity index (χ1n) is 10.4. The summed E-state index contributed by atoms with van der Waals surface area (Å²) in [6, 6.07) is 3.94. The summed E-state index contributed by atoms with van der Waals surface area (Å²) in [5.74, 6) is 6.41. The smallest absolute Gasteiger partial charge is 0.0703 e. The van der Waals surface area contributed by atoms with E-state index < -0.39 is 0 Å². The van der Waals surface area contributed by atoms with Gasteiger partial charge in [0.15, 0.2) is 0 Å². The van der Waals surface area contributed by atoms with Gasteiger partial charge in [-0.15, -0.1) is 0 Å². The maximum absolute atomic E-state index is 5.56. The van der Waals surface area contributed by atoms with E-state index in [1.807, 2.05) is 18.3 Å². The Morgan fingerprint density at radius 1 is 0.885 bits per heavy atom. The van der Waals surface area contributed by atoms with Crippen LogP contribution >= 0.6 is 0 Å². The highest BCUT2D eigenvalue weighted by Gasteiger charge is 1.95. The van der Waals surface area contributed by atoms with Crippen LogP contribution in [-0.2, 0) is 9.47 Å². The number of rotatable bonds is 15. The predicted octanol–water partition coefficient (Wildman–Crippen LogP) is 5.78.